The Labute approximate surface area is 138 Å². The molecule has 0 saturated carbocycles. The van der Waals surface area contributed by atoms with E-state index in [1.807, 2.05) is 0 Å². The second-order valence-corrected chi connectivity index (χ2v) is 6.27. The summed E-state index contributed by atoms with van der Waals surface area (Å²) >= 11 is 0. The summed E-state index contributed by atoms with van der Waals surface area (Å²) < 4.78 is 0. The molecule has 0 saturated heterocycles. The lowest BCUT2D eigenvalue weighted by Gasteiger charge is -2.34. The molecule has 0 radical (unpaired) electrons. The fourth-order valence-corrected chi connectivity index (χ4v) is 3.11. The number of urea groups is 1. The smallest absolute Gasteiger partial charge is 0.314 e. The van der Waals surface area contributed by atoms with Crippen molar-refractivity contribution in [2.24, 2.45) is 11.8 Å². The minimum atomic E-state index is -0.0765. The molecule has 0 aliphatic rings. The fourth-order valence-electron chi connectivity index (χ4n) is 3.11. The average molecular weight is 314 g/mol. The van der Waals surface area contributed by atoms with Crippen LogP contribution in [0.5, 0.6) is 0 Å². The molecule has 0 aromatic carbocycles. The summed E-state index contributed by atoms with van der Waals surface area (Å²) in [6.45, 7) is 10.9. The molecule has 4 heteroatoms. The van der Waals surface area contributed by atoms with Gasteiger partial charge in [0.15, 0.2) is 0 Å². The summed E-state index contributed by atoms with van der Waals surface area (Å²) in [6.07, 6.45) is 8.58. The second-order valence-electron chi connectivity index (χ2n) is 6.27. The number of carbonyl (C=O) groups excluding carboxylic acids is 1. The van der Waals surface area contributed by atoms with Gasteiger partial charge in [-0.2, -0.15) is 0 Å². The van der Waals surface area contributed by atoms with Crippen molar-refractivity contribution in [2.45, 2.75) is 78.7 Å². The van der Waals surface area contributed by atoms with E-state index in [2.05, 4.69) is 43.6 Å². The van der Waals surface area contributed by atoms with E-state index in [9.17, 15) is 4.79 Å². The van der Waals surface area contributed by atoms with Gasteiger partial charge in [-0.15, -0.1) is 0 Å². The van der Waals surface area contributed by atoms with Crippen LogP contribution in [0.1, 0.15) is 72.6 Å². The van der Waals surface area contributed by atoms with Crippen molar-refractivity contribution in [1.82, 2.24) is 16.0 Å². The molecule has 132 valence electrons. The predicted molar refractivity (Wildman–Crippen MR) is 96.2 cm³/mol. The third-order valence-corrected chi connectivity index (χ3v) is 4.66. The standard InChI is InChI=1S/C18H39N3O/c1-6-10-12-15(8-3)17(20-13-11-7-2)16(9-4)14-21-18(22)19-5/h15-17,20H,6-14H2,1-5H3,(H2,19,21,22). The Bertz CT molecular complexity index is 271. The van der Waals surface area contributed by atoms with E-state index in [1.165, 1.54) is 38.5 Å². The zero-order chi connectivity index (χ0) is 16.8. The quantitative estimate of drug-likeness (QED) is 0.451. The zero-order valence-electron chi connectivity index (χ0n) is 15.5. The Morgan fingerprint density at radius 1 is 0.955 bits per heavy atom. The first kappa shape index (κ1) is 21.2. The molecular formula is C18H39N3O. The molecule has 0 spiro atoms. The summed E-state index contributed by atoms with van der Waals surface area (Å²) in [6, 6.07) is 0.428. The van der Waals surface area contributed by atoms with Gasteiger partial charge in [-0.05, 0) is 31.2 Å². The minimum absolute atomic E-state index is 0.0765. The Morgan fingerprint density at radius 3 is 2.09 bits per heavy atom. The molecular weight excluding hydrogens is 274 g/mol. The predicted octanol–water partition coefficient (Wildman–Crippen LogP) is 3.92. The summed E-state index contributed by atoms with van der Waals surface area (Å²) in [7, 11) is 1.67. The van der Waals surface area contributed by atoms with Crippen LogP contribution in [0.15, 0.2) is 0 Å². The van der Waals surface area contributed by atoms with Crippen LogP contribution in [0, 0.1) is 11.8 Å². The number of rotatable bonds is 13. The van der Waals surface area contributed by atoms with Crippen molar-refractivity contribution >= 4 is 6.03 Å². The van der Waals surface area contributed by atoms with Gasteiger partial charge in [0.2, 0.25) is 0 Å². The molecule has 0 fully saturated rings. The molecule has 0 heterocycles. The topological polar surface area (TPSA) is 53.2 Å². The Balaban J connectivity index is 4.76. The number of nitrogens with one attached hydrogen (secondary N) is 3. The number of carbonyl (C=O) groups is 1. The van der Waals surface area contributed by atoms with Crippen LogP contribution in [0.25, 0.3) is 0 Å². The highest BCUT2D eigenvalue weighted by Crippen LogP contribution is 2.24. The summed E-state index contributed by atoms with van der Waals surface area (Å²) in [5, 5.41) is 9.44. The highest BCUT2D eigenvalue weighted by atomic mass is 16.2. The average Bonchev–Trinajstić information content (AvgIpc) is 2.54. The maximum absolute atomic E-state index is 11.5. The Morgan fingerprint density at radius 2 is 1.59 bits per heavy atom. The van der Waals surface area contributed by atoms with Crippen LogP contribution in [0.2, 0.25) is 0 Å². The van der Waals surface area contributed by atoms with E-state index >= 15 is 0 Å². The lowest BCUT2D eigenvalue weighted by Crippen LogP contribution is -2.48. The Kier molecular flexibility index (Phi) is 13.4. The van der Waals surface area contributed by atoms with Gasteiger partial charge in [-0.3, -0.25) is 0 Å². The summed E-state index contributed by atoms with van der Waals surface area (Å²) in [5.74, 6) is 1.20. The molecule has 0 rings (SSSR count). The van der Waals surface area contributed by atoms with Gasteiger partial charge in [0.25, 0.3) is 0 Å². The van der Waals surface area contributed by atoms with Gasteiger partial charge >= 0.3 is 6.03 Å². The lowest BCUT2D eigenvalue weighted by molar-refractivity contribution is 0.215. The van der Waals surface area contributed by atoms with Crippen molar-refractivity contribution in [2.75, 3.05) is 20.1 Å². The number of unbranched alkanes of at least 4 members (excludes halogenated alkanes) is 2. The van der Waals surface area contributed by atoms with E-state index in [0.717, 1.165) is 19.5 Å². The van der Waals surface area contributed by atoms with Gasteiger partial charge in [0, 0.05) is 19.6 Å². The van der Waals surface area contributed by atoms with E-state index in [4.69, 9.17) is 0 Å². The van der Waals surface area contributed by atoms with Gasteiger partial charge in [-0.1, -0.05) is 59.8 Å². The third kappa shape index (κ3) is 8.62. The molecule has 3 unspecified atom stereocenters. The first-order valence-corrected chi connectivity index (χ1v) is 9.33. The number of hydrogen-bond acceptors (Lipinski definition) is 2. The first-order chi connectivity index (χ1) is 10.6. The van der Waals surface area contributed by atoms with Gasteiger partial charge in [-0.25, -0.2) is 4.79 Å². The highest BCUT2D eigenvalue weighted by Gasteiger charge is 2.26. The molecule has 0 aliphatic carbocycles. The second kappa shape index (κ2) is 13.9. The van der Waals surface area contributed by atoms with Crippen LogP contribution in [0.4, 0.5) is 4.79 Å². The van der Waals surface area contributed by atoms with Crippen LogP contribution < -0.4 is 16.0 Å². The van der Waals surface area contributed by atoms with Crippen molar-refractivity contribution < 1.29 is 4.79 Å². The van der Waals surface area contributed by atoms with Crippen molar-refractivity contribution in [1.29, 1.82) is 0 Å². The maximum Gasteiger partial charge on any atom is 0.314 e. The van der Waals surface area contributed by atoms with Crippen LogP contribution in [0.3, 0.4) is 0 Å². The minimum Gasteiger partial charge on any atom is -0.341 e. The molecule has 0 aliphatic heterocycles. The number of amides is 2. The van der Waals surface area contributed by atoms with E-state index in [0.29, 0.717) is 17.9 Å². The SMILES string of the molecule is CCCCNC(C(CC)CCCC)C(CC)CNC(=O)NC. The third-order valence-electron chi connectivity index (χ3n) is 4.66. The zero-order valence-corrected chi connectivity index (χ0v) is 15.5. The molecule has 4 nitrogen and oxygen atoms in total. The van der Waals surface area contributed by atoms with Crippen molar-refractivity contribution in [3.63, 3.8) is 0 Å². The molecule has 0 aromatic rings. The van der Waals surface area contributed by atoms with E-state index < -0.39 is 0 Å². The fraction of sp³-hybridized carbons (Fsp3) is 0.944. The Hall–Kier alpha value is -0.770. The van der Waals surface area contributed by atoms with Gasteiger partial charge < -0.3 is 16.0 Å². The highest BCUT2D eigenvalue weighted by molar-refractivity contribution is 5.73. The van der Waals surface area contributed by atoms with Crippen molar-refractivity contribution in [3.05, 3.63) is 0 Å². The molecule has 2 amide bonds. The molecule has 0 bridgehead atoms. The van der Waals surface area contributed by atoms with Gasteiger partial charge in [0.1, 0.15) is 0 Å². The van der Waals surface area contributed by atoms with E-state index in [1.54, 1.807) is 7.05 Å². The molecule has 0 aromatic heterocycles. The van der Waals surface area contributed by atoms with Crippen LogP contribution in [-0.4, -0.2) is 32.2 Å². The van der Waals surface area contributed by atoms with Crippen molar-refractivity contribution in [3.8, 4) is 0 Å². The van der Waals surface area contributed by atoms with Gasteiger partial charge in [0.05, 0.1) is 0 Å². The number of hydrogen-bond donors (Lipinski definition) is 3. The maximum atomic E-state index is 11.5. The molecule has 3 atom stereocenters. The normalized spacial score (nSPS) is 15.1. The summed E-state index contributed by atoms with van der Waals surface area (Å²) in [5.41, 5.74) is 0. The monoisotopic (exact) mass is 313 g/mol. The largest absolute Gasteiger partial charge is 0.341 e. The van der Waals surface area contributed by atoms with Crippen LogP contribution >= 0.6 is 0 Å². The summed E-state index contributed by atoms with van der Waals surface area (Å²) in [4.78, 5) is 11.5. The van der Waals surface area contributed by atoms with E-state index in [-0.39, 0.29) is 6.03 Å². The van der Waals surface area contributed by atoms with Crippen LogP contribution in [-0.2, 0) is 0 Å². The lowest BCUT2D eigenvalue weighted by atomic mass is 9.82. The molecule has 22 heavy (non-hydrogen) atoms. The molecule has 3 N–H and O–H groups in total. The first-order valence-electron chi connectivity index (χ1n) is 9.33.